The number of amides is 1. The zero-order chi connectivity index (χ0) is 28.9. The topological polar surface area (TPSA) is 90.9 Å². The highest BCUT2D eigenvalue weighted by Crippen LogP contribution is 2.54. The third-order valence-corrected chi connectivity index (χ3v) is 12.4. The minimum atomic E-state index is -3.70. The van der Waals surface area contributed by atoms with E-state index in [1.165, 1.54) is 11.1 Å². The maximum absolute atomic E-state index is 13.7. The number of esters is 1. The third-order valence-electron chi connectivity index (χ3n) is 4.97. The molecular formula is C27H52NO6PSi2. The summed E-state index contributed by atoms with van der Waals surface area (Å²) in [6.45, 7) is 21.9. The predicted molar refractivity (Wildman–Crippen MR) is 160 cm³/mol. The Kier molecular flexibility index (Phi) is 16.1. The molecule has 0 spiro atoms. The van der Waals surface area contributed by atoms with Gasteiger partial charge in [-0.2, -0.15) is 0 Å². The molecule has 0 rings (SSSR count). The van der Waals surface area contributed by atoms with Crippen LogP contribution in [-0.4, -0.2) is 47.8 Å². The van der Waals surface area contributed by atoms with E-state index in [1.54, 1.807) is 6.92 Å². The molecule has 1 N–H and O–H groups in total. The van der Waals surface area contributed by atoms with Gasteiger partial charge in [0.25, 0.3) is 0 Å². The van der Waals surface area contributed by atoms with Crippen molar-refractivity contribution < 1.29 is 27.3 Å². The molecule has 0 aromatic heterocycles. The van der Waals surface area contributed by atoms with E-state index in [4.69, 9.17) is 13.2 Å². The van der Waals surface area contributed by atoms with Crippen molar-refractivity contribution in [3.63, 3.8) is 0 Å². The van der Waals surface area contributed by atoms with E-state index in [9.17, 15) is 14.2 Å². The van der Waals surface area contributed by atoms with Crippen LogP contribution in [0.5, 0.6) is 0 Å². The highest BCUT2D eigenvalue weighted by Gasteiger charge is 2.43. The first-order valence-corrected chi connectivity index (χ1v) is 21.8. The summed E-state index contributed by atoms with van der Waals surface area (Å²) in [5, 5.41) is 2.79. The molecule has 0 saturated carbocycles. The van der Waals surface area contributed by atoms with Crippen molar-refractivity contribution in [2.45, 2.75) is 99.6 Å². The third kappa shape index (κ3) is 18.6. The largest absolute Gasteiger partial charge is 0.465 e. The first-order chi connectivity index (χ1) is 16.9. The molecule has 1 atom stereocenters. The standard InChI is InChI=1S/C27H52NO6PSi2/c1-12-32-27(30)25(21-35(31,33-36(6,7)8)34-37(9,10)11)26(29)28-20-19-24(5)18-14-17-23(4)16-13-15-22(2)3/h15,17,19,25H,12-14,16,18,20-21H2,1-11H3,(H,28,29)/b23-17+,24-19+. The summed E-state index contributed by atoms with van der Waals surface area (Å²) in [5.74, 6) is -2.51. The first-order valence-electron chi connectivity index (χ1n) is 13.3. The smallest absolute Gasteiger partial charge is 0.319 e. The fourth-order valence-electron chi connectivity index (χ4n) is 3.45. The number of ether oxygens (including phenoxy) is 1. The Hall–Kier alpha value is -1.26. The van der Waals surface area contributed by atoms with Crippen LogP contribution in [0.25, 0.3) is 0 Å². The second-order valence-corrected chi connectivity index (χ2v) is 23.2. The highest BCUT2D eigenvalue weighted by molar-refractivity contribution is 7.57. The molecule has 1 amide bonds. The summed E-state index contributed by atoms with van der Waals surface area (Å²) in [7, 11) is -8.28. The van der Waals surface area contributed by atoms with Gasteiger partial charge in [-0.3, -0.25) is 14.2 Å². The summed E-state index contributed by atoms with van der Waals surface area (Å²) in [5.41, 5.74) is 3.87. The van der Waals surface area contributed by atoms with Crippen LogP contribution in [-0.2, 0) is 27.3 Å². The summed E-state index contributed by atoms with van der Waals surface area (Å²) < 4.78 is 30.8. The highest BCUT2D eigenvalue weighted by atomic mass is 31.2. The number of carbonyl (C=O) groups excluding carboxylic acids is 2. The molecule has 0 aliphatic carbocycles. The van der Waals surface area contributed by atoms with E-state index in [1.807, 2.05) is 52.3 Å². The number of carbonyl (C=O) groups is 2. The Bertz CT molecular complexity index is 860. The molecule has 0 fully saturated rings. The van der Waals surface area contributed by atoms with E-state index >= 15 is 0 Å². The summed E-state index contributed by atoms with van der Waals surface area (Å²) in [6, 6.07) is 0. The Morgan fingerprint density at radius 1 is 0.838 bits per heavy atom. The van der Waals surface area contributed by atoms with Crippen LogP contribution in [0.2, 0.25) is 39.3 Å². The van der Waals surface area contributed by atoms with E-state index in [0.29, 0.717) is 0 Å². The van der Waals surface area contributed by atoms with E-state index in [0.717, 1.165) is 31.3 Å². The molecule has 0 saturated heterocycles. The Labute approximate surface area is 228 Å². The van der Waals surface area contributed by atoms with Crippen LogP contribution in [0, 0.1) is 5.92 Å². The molecule has 214 valence electrons. The minimum absolute atomic E-state index is 0.122. The molecule has 0 heterocycles. The monoisotopic (exact) mass is 573 g/mol. The van der Waals surface area contributed by atoms with Gasteiger partial charge in [0, 0.05) is 6.54 Å². The van der Waals surface area contributed by atoms with Gasteiger partial charge in [-0.1, -0.05) is 34.9 Å². The van der Waals surface area contributed by atoms with E-state index < -0.39 is 42.0 Å². The van der Waals surface area contributed by atoms with Crippen LogP contribution in [0.3, 0.4) is 0 Å². The summed E-state index contributed by atoms with van der Waals surface area (Å²) in [4.78, 5) is 25.7. The molecular weight excluding hydrogens is 521 g/mol. The maximum Gasteiger partial charge on any atom is 0.319 e. The zero-order valence-corrected chi connectivity index (χ0v) is 28.1. The second-order valence-electron chi connectivity index (χ2n) is 11.7. The van der Waals surface area contributed by atoms with Gasteiger partial charge in [0.05, 0.1) is 12.8 Å². The SMILES string of the molecule is CCOC(=O)C(CP(=O)(O[Si](C)(C)C)O[Si](C)(C)C)C(=O)NC/C=C(\C)CC/C=C(\C)CCC=C(C)C. The molecule has 1 unspecified atom stereocenters. The molecule has 0 aromatic carbocycles. The minimum Gasteiger partial charge on any atom is -0.465 e. The van der Waals surface area contributed by atoms with Crippen LogP contribution >= 0.6 is 7.60 Å². The van der Waals surface area contributed by atoms with E-state index in [-0.39, 0.29) is 19.3 Å². The van der Waals surface area contributed by atoms with Crippen molar-refractivity contribution in [2.24, 2.45) is 5.92 Å². The Morgan fingerprint density at radius 2 is 1.32 bits per heavy atom. The van der Waals surface area contributed by atoms with Crippen molar-refractivity contribution in [2.75, 3.05) is 19.3 Å². The van der Waals surface area contributed by atoms with Gasteiger partial charge in [-0.25, -0.2) is 0 Å². The fourth-order valence-corrected chi connectivity index (χ4v) is 12.0. The van der Waals surface area contributed by atoms with Crippen LogP contribution in [0.4, 0.5) is 0 Å². The molecule has 10 heteroatoms. The number of hydrogen-bond donors (Lipinski definition) is 1. The van der Waals surface area contributed by atoms with Crippen molar-refractivity contribution >= 4 is 36.1 Å². The number of hydrogen-bond acceptors (Lipinski definition) is 6. The van der Waals surface area contributed by atoms with Crippen LogP contribution in [0.1, 0.15) is 60.3 Å². The average molecular weight is 574 g/mol. The molecule has 0 bridgehead atoms. The van der Waals surface area contributed by atoms with Crippen molar-refractivity contribution in [3.8, 4) is 0 Å². The summed E-state index contributed by atoms with van der Waals surface area (Å²) >= 11 is 0. The number of rotatable bonds is 17. The lowest BCUT2D eigenvalue weighted by Crippen LogP contribution is -2.40. The lowest BCUT2D eigenvalue weighted by atomic mass is 10.1. The Morgan fingerprint density at radius 3 is 1.78 bits per heavy atom. The number of allylic oxidation sites excluding steroid dienone is 5. The molecule has 0 aliphatic rings. The predicted octanol–water partition coefficient (Wildman–Crippen LogP) is 7.60. The van der Waals surface area contributed by atoms with E-state index in [2.05, 4.69) is 38.2 Å². The zero-order valence-electron chi connectivity index (χ0n) is 25.2. The molecule has 7 nitrogen and oxygen atoms in total. The van der Waals surface area contributed by atoms with Gasteiger partial charge in [0.2, 0.25) is 5.91 Å². The lowest BCUT2D eigenvalue weighted by Gasteiger charge is -2.32. The van der Waals surface area contributed by atoms with Gasteiger partial charge in [-0.15, -0.1) is 0 Å². The van der Waals surface area contributed by atoms with Gasteiger partial charge in [-0.05, 0) is 99.6 Å². The molecule has 37 heavy (non-hydrogen) atoms. The van der Waals surface area contributed by atoms with Crippen molar-refractivity contribution in [1.82, 2.24) is 5.32 Å². The van der Waals surface area contributed by atoms with Crippen LogP contribution < -0.4 is 5.32 Å². The maximum atomic E-state index is 13.7. The molecule has 0 aromatic rings. The summed E-state index contributed by atoms with van der Waals surface area (Å²) in [6.07, 6.45) is 10.1. The van der Waals surface area contributed by atoms with Crippen molar-refractivity contribution in [1.29, 1.82) is 0 Å². The van der Waals surface area contributed by atoms with Crippen molar-refractivity contribution in [3.05, 3.63) is 34.9 Å². The average Bonchev–Trinajstić information content (AvgIpc) is 2.69. The van der Waals surface area contributed by atoms with Gasteiger partial charge in [0.15, 0.2) is 16.6 Å². The van der Waals surface area contributed by atoms with Gasteiger partial charge in [0.1, 0.15) is 5.92 Å². The fraction of sp³-hybridized carbons (Fsp3) is 0.704. The Balaban J connectivity index is 5.27. The second kappa shape index (κ2) is 16.7. The van der Waals surface area contributed by atoms with Gasteiger partial charge < -0.3 is 18.5 Å². The first kappa shape index (κ1) is 35.7. The quantitative estimate of drug-likeness (QED) is 0.0633. The molecule has 0 aliphatic heterocycles. The normalized spacial score (nSPS) is 14.2. The number of nitrogens with one attached hydrogen (secondary N) is 1. The van der Waals surface area contributed by atoms with Gasteiger partial charge >= 0.3 is 13.6 Å². The molecule has 0 radical (unpaired) electrons. The van der Waals surface area contributed by atoms with Crippen LogP contribution in [0.15, 0.2) is 34.9 Å². The lowest BCUT2D eigenvalue weighted by molar-refractivity contribution is -0.151.